The molecule has 2 aromatic rings. The average Bonchev–Trinajstić information content (AvgIpc) is 2.80. The highest BCUT2D eigenvalue weighted by Gasteiger charge is 2.02. The Morgan fingerprint density at radius 2 is 0.688 bits per heavy atom. The average molecular weight is 426 g/mol. The van der Waals surface area contributed by atoms with Crippen molar-refractivity contribution >= 4 is 23.5 Å². The molecule has 0 spiro atoms. The Labute approximate surface area is 186 Å². The third kappa shape index (κ3) is 9.28. The van der Waals surface area contributed by atoms with Crippen LogP contribution in [0.1, 0.15) is 11.1 Å². The Morgan fingerprint density at radius 3 is 0.938 bits per heavy atom. The molecule has 0 saturated heterocycles. The quantitative estimate of drug-likeness (QED) is 0.232. The van der Waals surface area contributed by atoms with Crippen molar-refractivity contribution in [2.45, 2.75) is 0 Å². The van der Waals surface area contributed by atoms with E-state index in [4.69, 9.17) is 0 Å². The number of non-ortho nitro benzene ring substituents is 2. The summed E-state index contributed by atoms with van der Waals surface area (Å²) < 4.78 is 0. The summed E-state index contributed by atoms with van der Waals surface area (Å²) in [6.07, 6.45) is 26.4. The molecule has 0 atom stereocenters. The molecule has 0 aliphatic heterocycles. The van der Waals surface area contributed by atoms with Crippen molar-refractivity contribution in [1.29, 1.82) is 0 Å². The van der Waals surface area contributed by atoms with Gasteiger partial charge in [0.15, 0.2) is 0 Å². The van der Waals surface area contributed by atoms with Crippen LogP contribution in [0.5, 0.6) is 0 Å². The lowest BCUT2D eigenvalue weighted by atomic mass is 10.2. The lowest BCUT2D eigenvalue weighted by Gasteiger charge is -1.92. The molecular weight excluding hydrogens is 404 g/mol. The van der Waals surface area contributed by atoms with E-state index in [1.54, 1.807) is 24.3 Å². The van der Waals surface area contributed by atoms with E-state index in [9.17, 15) is 20.2 Å². The van der Waals surface area contributed by atoms with Gasteiger partial charge in [0.05, 0.1) is 9.85 Å². The van der Waals surface area contributed by atoms with Crippen LogP contribution < -0.4 is 0 Å². The van der Waals surface area contributed by atoms with Crippen molar-refractivity contribution in [2.75, 3.05) is 0 Å². The van der Waals surface area contributed by atoms with E-state index in [0.29, 0.717) is 0 Å². The monoisotopic (exact) mass is 426 g/mol. The molecule has 0 heterocycles. The van der Waals surface area contributed by atoms with Gasteiger partial charge in [-0.05, 0) is 35.4 Å². The Bertz CT molecular complexity index is 1010. The van der Waals surface area contributed by atoms with Crippen LogP contribution in [0.25, 0.3) is 12.2 Å². The van der Waals surface area contributed by atoms with Crippen LogP contribution in [-0.2, 0) is 0 Å². The van der Waals surface area contributed by atoms with E-state index in [1.165, 1.54) is 24.3 Å². The van der Waals surface area contributed by atoms with Gasteiger partial charge in [-0.15, -0.1) is 0 Å². The maximum Gasteiger partial charge on any atom is 0.269 e. The van der Waals surface area contributed by atoms with Crippen molar-refractivity contribution < 1.29 is 9.85 Å². The Kier molecular flexibility index (Phi) is 10.1. The van der Waals surface area contributed by atoms with Crippen LogP contribution in [-0.4, -0.2) is 9.85 Å². The summed E-state index contributed by atoms with van der Waals surface area (Å²) in [6.45, 7) is 0. The van der Waals surface area contributed by atoms with Crippen LogP contribution >= 0.6 is 0 Å². The van der Waals surface area contributed by atoms with Gasteiger partial charge in [-0.25, -0.2) is 0 Å². The SMILES string of the molecule is O=[N+]([O-])c1ccc(/C=C/C=C/C=C/C=C/C=C/C=C/C=C/c2ccc([N+](=O)[O-])cc2)cc1. The first-order chi connectivity index (χ1) is 15.6. The summed E-state index contributed by atoms with van der Waals surface area (Å²) in [7, 11) is 0. The van der Waals surface area contributed by atoms with E-state index < -0.39 is 9.85 Å². The number of rotatable bonds is 10. The van der Waals surface area contributed by atoms with Gasteiger partial charge in [-0.2, -0.15) is 0 Å². The first-order valence-electron chi connectivity index (χ1n) is 9.73. The molecule has 6 nitrogen and oxygen atoms in total. The van der Waals surface area contributed by atoms with Crippen molar-refractivity contribution in [3.05, 3.63) is 153 Å². The predicted octanol–water partition coefficient (Wildman–Crippen LogP) is 7.01. The second-order valence-corrected chi connectivity index (χ2v) is 6.34. The summed E-state index contributed by atoms with van der Waals surface area (Å²) in [4.78, 5) is 20.4. The summed E-state index contributed by atoms with van der Waals surface area (Å²) in [5, 5.41) is 21.2. The summed E-state index contributed by atoms with van der Waals surface area (Å²) in [6, 6.07) is 12.7. The van der Waals surface area contributed by atoms with Crippen LogP contribution in [0.2, 0.25) is 0 Å². The number of hydrogen-bond donors (Lipinski definition) is 0. The molecule has 0 radical (unpaired) electrons. The third-order valence-electron chi connectivity index (χ3n) is 4.01. The molecule has 0 amide bonds. The van der Waals surface area contributed by atoms with Gasteiger partial charge in [0.2, 0.25) is 0 Å². The molecule has 0 saturated carbocycles. The van der Waals surface area contributed by atoms with E-state index in [0.717, 1.165) is 11.1 Å². The second-order valence-electron chi connectivity index (χ2n) is 6.34. The molecule has 0 unspecified atom stereocenters. The largest absolute Gasteiger partial charge is 0.269 e. The zero-order valence-corrected chi connectivity index (χ0v) is 17.2. The Morgan fingerprint density at radius 1 is 0.438 bits per heavy atom. The van der Waals surface area contributed by atoms with Crippen LogP contribution in [0, 0.1) is 20.2 Å². The first-order valence-corrected chi connectivity index (χ1v) is 9.73. The molecule has 0 aromatic heterocycles. The fourth-order valence-corrected chi connectivity index (χ4v) is 2.39. The minimum Gasteiger partial charge on any atom is -0.258 e. The molecule has 2 aromatic carbocycles. The normalized spacial score (nSPS) is 12.6. The minimum absolute atomic E-state index is 0.0793. The van der Waals surface area contributed by atoms with Gasteiger partial charge >= 0.3 is 0 Å². The zero-order valence-electron chi connectivity index (χ0n) is 17.2. The van der Waals surface area contributed by atoms with Gasteiger partial charge in [-0.3, -0.25) is 20.2 Å². The fourth-order valence-electron chi connectivity index (χ4n) is 2.39. The first kappa shape index (κ1) is 23.7. The molecule has 160 valence electrons. The van der Waals surface area contributed by atoms with Gasteiger partial charge in [-0.1, -0.05) is 85.1 Å². The molecule has 0 bridgehead atoms. The van der Waals surface area contributed by atoms with Crippen molar-refractivity contribution in [2.24, 2.45) is 0 Å². The maximum absolute atomic E-state index is 10.6. The second kappa shape index (κ2) is 13.6. The number of benzene rings is 2. The molecular formula is C26H22N2O4. The lowest BCUT2D eigenvalue weighted by Crippen LogP contribution is -1.86. The van der Waals surface area contributed by atoms with Crippen LogP contribution in [0.4, 0.5) is 11.4 Å². The third-order valence-corrected chi connectivity index (χ3v) is 4.01. The number of nitrogens with zero attached hydrogens (tertiary/aromatic N) is 2. The standard InChI is InChI=1S/C26H22N2O4/c29-27(30)25-19-15-23(16-20-25)13-11-9-7-5-3-1-2-4-6-8-10-12-14-24-17-21-26(22-18-24)28(31)32/h1-22H/b2-1+,5-3+,6-4+,9-7+,10-8+,13-11+,14-12+. The zero-order chi connectivity index (χ0) is 23.0. The van der Waals surface area contributed by atoms with E-state index >= 15 is 0 Å². The molecule has 0 aliphatic carbocycles. The van der Waals surface area contributed by atoms with E-state index in [1.807, 2.05) is 85.1 Å². The van der Waals surface area contributed by atoms with Gasteiger partial charge in [0.1, 0.15) is 0 Å². The van der Waals surface area contributed by atoms with E-state index in [-0.39, 0.29) is 11.4 Å². The Hall–Kier alpha value is -4.58. The number of hydrogen-bond acceptors (Lipinski definition) is 4. The molecule has 0 N–H and O–H groups in total. The van der Waals surface area contributed by atoms with Crippen molar-refractivity contribution in [3.63, 3.8) is 0 Å². The smallest absolute Gasteiger partial charge is 0.258 e. The van der Waals surface area contributed by atoms with Crippen molar-refractivity contribution in [1.82, 2.24) is 0 Å². The summed E-state index contributed by atoms with van der Waals surface area (Å²) >= 11 is 0. The highest BCUT2D eigenvalue weighted by molar-refractivity contribution is 5.54. The van der Waals surface area contributed by atoms with E-state index in [2.05, 4.69) is 0 Å². The summed E-state index contributed by atoms with van der Waals surface area (Å²) in [5.41, 5.74) is 1.95. The van der Waals surface area contributed by atoms with Gasteiger partial charge in [0, 0.05) is 24.3 Å². The Balaban J connectivity index is 1.68. The molecule has 6 heteroatoms. The lowest BCUT2D eigenvalue weighted by molar-refractivity contribution is -0.385. The molecule has 0 fully saturated rings. The van der Waals surface area contributed by atoms with Crippen molar-refractivity contribution in [3.8, 4) is 0 Å². The number of nitro benzene ring substituents is 2. The maximum atomic E-state index is 10.6. The van der Waals surface area contributed by atoms with Gasteiger partial charge < -0.3 is 0 Å². The number of allylic oxidation sites excluding steroid dienone is 12. The highest BCUT2D eigenvalue weighted by atomic mass is 16.6. The topological polar surface area (TPSA) is 86.3 Å². The minimum atomic E-state index is -0.418. The highest BCUT2D eigenvalue weighted by Crippen LogP contribution is 2.13. The van der Waals surface area contributed by atoms with Crippen LogP contribution in [0.15, 0.2) is 121 Å². The van der Waals surface area contributed by atoms with Gasteiger partial charge in [0.25, 0.3) is 11.4 Å². The molecule has 0 aliphatic rings. The number of nitro groups is 2. The van der Waals surface area contributed by atoms with Crippen LogP contribution in [0.3, 0.4) is 0 Å². The predicted molar refractivity (Wildman–Crippen MR) is 130 cm³/mol. The molecule has 2 rings (SSSR count). The summed E-state index contributed by atoms with van der Waals surface area (Å²) in [5.74, 6) is 0. The fraction of sp³-hybridized carbons (Fsp3) is 0. The molecule has 32 heavy (non-hydrogen) atoms.